The van der Waals surface area contributed by atoms with Crippen LogP contribution in [0.2, 0.25) is 0 Å². The number of hydrogen-bond acceptors (Lipinski definition) is 5. The standard InChI is InChI=1S/C20H24N2O5S/c1-15(16-7-5-4-6-8-16)13-21-19(23)14-27-20(24)17-9-11-18(12-10-17)28(25,26)22(2)3/h4-12,15H,13-14H2,1-3H3,(H,21,23)/t15-/m1/s1. The van der Waals surface area contributed by atoms with Crippen molar-refractivity contribution < 1.29 is 22.7 Å². The van der Waals surface area contributed by atoms with E-state index in [1.807, 2.05) is 37.3 Å². The van der Waals surface area contributed by atoms with E-state index < -0.39 is 28.5 Å². The number of hydrogen-bond donors (Lipinski definition) is 1. The monoisotopic (exact) mass is 404 g/mol. The molecule has 0 spiro atoms. The molecule has 0 bridgehead atoms. The average molecular weight is 404 g/mol. The fourth-order valence-corrected chi connectivity index (χ4v) is 3.31. The van der Waals surface area contributed by atoms with E-state index in [2.05, 4.69) is 5.32 Å². The first-order valence-corrected chi connectivity index (χ1v) is 10.2. The molecule has 7 nitrogen and oxygen atoms in total. The Morgan fingerprint density at radius 1 is 1.04 bits per heavy atom. The maximum atomic E-state index is 12.0. The third-order valence-corrected chi connectivity index (χ3v) is 6.01. The number of ether oxygens (including phenoxy) is 1. The summed E-state index contributed by atoms with van der Waals surface area (Å²) in [6.07, 6.45) is 0. The molecule has 2 rings (SSSR count). The van der Waals surface area contributed by atoms with Crippen LogP contribution in [0.5, 0.6) is 0 Å². The molecule has 0 unspecified atom stereocenters. The number of rotatable bonds is 8. The summed E-state index contributed by atoms with van der Waals surface area (Å²) in [6, 6.07) is 15.1. The molecule has 1 N–H and O–H groups in total. The van der Waals surface area contributed by atoms with Crippen molar-refractivity contribution in [2.45, 2.75) is 17.7 Å². The van der Waals surface area contributed by atoms with Gasteiger partial charge in [-0.25, -0.2) is 17.5 Å². The molecule has 0 aliphatic rings. The van der Waals surface area contributed by atoms with Crippen LogP contribution in [0.25, 0.3) is 0 Å². The van der Waals surface area contributed by atoms with Crippen LogP contribution in [0.4, 0.5) is 0 Å². The topological polar surface area (TPSA) is 92.8 Å². The second-order valence-electron chi connectivity index (χ2n) is 6.50. The highest BCUT2D eigenvalue weighted by atomic mass is 32.2. The van der Waals surface area contributed by atoms with Crippen LogP contribution in [0.3, 0.4) is 0 Å². The number of carbonyl (C=O) groups is 2. The Labute approximate surface area is 165 Å². The van der Waals surface area contributed by atoms with Gasteiger partial charge in [0.15, 0.2) is 6.61 Å². The summed E-state index contributed by atoms with van der Waals surface area (Å²) in [5, 5.41) is 2.73. The molecule has 0 aromatic heterocycles. The van der Waals surface area contributed by atoms with Crippen LogP contribution in [-0.4, -0.2) is 51.8 Å². The number of carbonyl (C=O) groups excluding carboxylic acids is 2. The number of benzene rings is 2. The zero-order valence-electron chi connectivity index (χ0n) is 16.1. The normalized spacial score (nSPS) is 12.4. The lowest BCUT2D eigenvalue weighted by Crippen LogP contribution is -2.31. The molecule has 1 atom stereocenters. The third kappa shape index (κ3) is 5.64. The average Bonchev–Trinajstić information content (AvgIpc) is 2.70. The molecule has 0 radical (unpaired) electrons. The smallest absolute Gasteiger partial charge is 0.338 e. The predicted molar refractivity (Wildman–Crippen MR) is 105 cm³/mol. The maximum absolute atomic E-state index is 12.0. The lowest BCUT2D eigenvalue weighted by atomic mass is 10.0. The minimum Gasteiger partial charge on any atom is -0.452 e. The van der Waals surface area contributed by atoms with E-state index in [1.54, 1.807) is 0 Å². The van der Waals surface area contributed by atoms with E-state index in [1.165, 1.54) is 38.4 Å². The predicted octanol–water partition coefficient (Wildman–Crippen LogP) is 2.01. The van der Waals surface area contributed by atoms with Crippen molar-refractivity contribution in [3.8, 4) is 0 Å². The SMILES string of the molecule is C[C@H](CNC(=O)COC(=O)c1ccc(S(=O)(=O)N(C)C)cc1)c1ccccc1. The quantitative estimate of drug-likeness (QED) is 0.680. The lowest BCUT2D eigenvalue weighted by molar-refractivity contribution is -0.124. The molecular formula is C20H24N2O5S. The van der Waals surface area contributed by atoms with Crippen molar-refractivity contribution in [1.82, 2.24) is 9.62 Å². The molecule has 0 heterocycles. The Morgan fingerprint density at radius 2 is 1.64 bits per heavy atom. The molecule has 0 aliphatic carbocycles. The fourth-order valence-electron chi connectivity index (χ4n) is 2.41. The first kappa shape index (κ1) is 21.6. The maximum Gasteiger partial charge on any atom is 0.338 e. The Bertz CT molecular complexity index is 909. The van der Waals surface area contributed by atoms with Crippen LogP contribution in [-0.2, 0) is 19.6 Å². The highest BCUT2D eigenvalue weighted by Gasteiger charge is 2.18. The van der Waals surface area contributed by atoms with Gasteiger partial charge in [-0.1, -0.05) is 37.3 Å². The van der Waals surface area contributed by atoms with Crippen molar-refractivity contribution in [2.24, 2.45) is 0 Å². The van der Waals surface area contributed by atoms with Gasteiger partial charge < -0.3 is 10.1 Å². The number of sulfonamides is 1. The Morgan fingerprint density at radius 3 is 2.21 bits per heavy atom. The van der Waals surface area contributed by atoms with Crippen molar-refractivity contribution in [3.63, 3.8) is 0 Å². The number of esters is 1. The summed E-state index contributed by atoms with van der Waals surface area (Å²) in [6.45, 7) is 2.01. The number of nitrogens with one attached hydrogen (secondary N) is 1. The van der Waals surface area contributed by atoms with Gasteiger partial charge in [0.05, 0.1) is 10.5 Å². The molecule has 2 aromatic rings. The molecule has 8 heteroatoms. The first-order chi connectivity index (χ1) is 13.2. The van der Waals surface area contributed by atoms with Gasteiger partial charge in [0, 0.05) is 20.6 Å². The van der Waals surface area contributed by atoms with Crippen molar-refractivity contribution in [3.05, 3.63) is 65.7 Å². The van der Waals surface area contributed by atoms with Gasteiger partial charge in [0.2, 0.25) is 10.0 Å². The molecule has 0 saturated carbocycles. The van der Waals surface area contributed by atoms with Crippen molar-refractivity contribution in [1.29, 1.82) is 0 Å². The second-order valence-corrected chi connectivity index (χ2v) is 8.66. The molecule has 0 fully saturated rings. The van der Waals surface area contributed by atoms with Gasteiger partial charge in [-0.15, -0.1) is 0 Å². The lowest BCUT2D eigenvalue weighted by Gasteiger charge is -2.13. The third-order valence-electron chi connectivity index (χ3n) is 4.18. The summed E-state index contributed by atoms with van der Waals surface area (Å²) < 4.78 is 30.1. The highest BCUT2D eigenvalue weighted by Crippen LogP contribution is 2.15. The van der Waals surface area contributed by atoms with Gasteiger partial charge in [-0.05, 0) is 35.7 Å². The molecular weight excluding hydrogens is 380 g/mol. The molecule has 28 heavy (non-hydrogen) atoms. The van der Waals surface area contributed by atoms with E-state index in [9.17, 15) is 18.0 Å². The summed E-state index contributed by atoms with van der Waals surface area (Å²) in [5.41, 5.74) is 1.27. The molecule has 0 saturated heterocycles. The van der Waals surface area contributed by atoms with Crippen LogP contribution in [0.15, 0.2) is 59.5 Å². The molecule has 2 aromatic carbocycles. The minimum atomic E-state index is -3.57. The van der Waals surface area contributed by atoms with Crippen LogP contribution < -0.4 is 5.32 Å². The minimum absolute atomic E-state index is 0.0710. The van der Waals surface area contributed by atoms with Gasteiger partial charge in [0.25, 0.3) is 5.91 Å². The zero-order chi connectivity index (χ0) is 20.7. The largest absolute Gasteiger partial charge is 0.452 e. The van der Waals surface area contributed by atoms with Crippen LogP contribution in [0.1, 0.15) is 28.8 Å². The highest BCUT2D eigenvalue weighted by molar-refractivity contribution is 7.89. The first-order valence-electron chi connectivity index (χ1n) is 8.73. The van der Waals surface area contributed by atoms with Gasteiger partial charge in [0.1, 0.15) is 0 Å². The van der Waals surface area contributed by atoms with Crippen LogP contribution in [0, 0.1) is 0 Å². The van der Waals surface area contributed by atoms with Crippen molar-refractivity contribution >= 4 is 21.9 Å². The summed E-state index contributed by atoms with van der Waals surface area (Å²) in [5.74, 6) is -0.963. The van der Waals surface area contributed by atoms with E-state index in [-0.39, 0.29) is 16.4 Å². The van der Waals surface area contributed by atoms with Gasteiger partial charge in [-0.3, -0.25) is 4.79 Å². The van der Waals surface area contributed by atoms with Gasteiger partial charge >= 0.3 is 5.97 Å². The van der Waals surface area contributed by atoms with E-state index in [0.717, 1.165) is 9.87 Å². The van der Waals surface area contributed by atoms with E-state index in [0.29, 0.717) is 6.54 Å². The Kier molecular flexibility index (Phi) is 7.31. The van der Waals surface area contributed by atoms with Crippen LogP contribution >= 0.6 is 0 Å². The van der Waals surface area contributed by atoms with E-state index in [4.69, 9.17) is 4.74 Å². The fraction of sp³-hybridized carbons (Fsp3) is 0.300. The second kappa shape index (κ2) is 9.48. The molecule has 0 aliphatic heterocycles. The number of amides is 1. The van der Waals surface area contributed by atoms with E-state index >= 15 is 0 Å². The summed E-state index contributed by atoms with van der Waals surface area (Å²) >= 11 is 0. The van der Waals surface area contributed by atoms with Crippen molar-refractivity contribution in [2.75, 3.05) is 27.2 Å². The molecule has 150 valence electrons. The summed E-state index contributed by atoms with van der Waals surface area (Å²) in [4.78, 5) is 24.0. The summed E-state index contributed by atoms with van der Waals surface area (Å²) in [7, 11) is -0.716. The zero-order valence-corrected chi connectivity index (χ0v) is 16.9. The Hall–Kier alpha value is -2.71. The number of nitrogens with zero attached hydrogens (tertiary/aromatic N) is 1. The van der Waals surface area contributed by atoms with Gasteiger partial charge in [-0.2, -0.15) is 0 Å². The Balaban J connectivity index is 1.84. The molecule has 1 amide bonds.